The lowest BCUT2D eigenvalue weighted by Crippen LogP contribution is -1.95. The van der Waals surface area contributed by atoms with E-state index in [4.69, 9.17) is 5.73 Å². The summed E-state index contributed by atoms with van der Waals surface area (Å²) in [6.45, 7) is 9.14. The van der Waals surface area contributed by atoms with E-state index >= 15 is 0 Å². The fourth-order valence-electron chi connectivity index (χ4n) is 1.41. The summed E-state index contributed by atoms with van der Waals surface area (Å²) in [5.74, 6) is 0. The van der Waals surface area contributed by atoms with Crippen LogP contribution in [0.25, 0.3) is 12.2 Å². The zero-order valence-corrected chi connectivity index (χ0v) is 8.08. The maximum atomic E-state index is 10.5. The molecule has 0 aliphatic heterocycles. The van der Waals surface area contributed by atoms with Gasteiger partial charge in [-0.3, -0.25) is 0 Å². The van der Waals surface area contributed by atoms with Crippen LogP contribution in [0.4, 0.5) is 11.4 Å². The third-order valence-corrected chi connectivity index (χ3v) is 2.19. The third kappa shape index (κ3) is 1.44. The molecular formula is C11H12N2O. The van der Waals surface area contributed by atoms with Crippen LogP contribution in [0.15, 0.2) is 24.4 Å². The number of nitrogen functional groups attached to an aromatic ring is 1. The Morgan fingerprint density at radius 2 is 1.93 bits per heavy atom. The molecule has 2 N–H and O–H groups in total. The van der Waals surface area contributed by atoms with Crippen molar-refractivity contribution in [1.82, 2.24) is 0 Å². The number of hydrogen-bond acceptors (Lipinski definition) is 3. The average Bonchev–Trinajstić information content (AvgIpc) is 2.20. The van der Waals surface area contributed by atoms with Gasteiger partial charge in [-0.2, -0.15) is 0 Å². The van der Waals surface area contributed by atoms with Gasteiger partial charge in [-0.15, -0.1) is 4.91 Å². The maximum absolute atomic E-state index is 10.5. The zero-order valence-electron chi connectivity index (χ0n) is 8.08. The molecule has 0 saturated heterocycles. The van der Waals surface area contributed by atoms with E-state index in [0.717, 1.165) is 16.7 Å². The Hall–Kier alpha value is -1.90. The highest BCUT2D eigenvalue weighted by molar-refractivity contribution is 5.80. The van der Waals surface area contributed by atoms with E-state index in [1.165, 1.54) is 0 Å². The van der Waals surface area contributed by atoms with Crippen LogP contribution in [0.3, 0.4) is 0 Å². The van der Waals surface area contributed by atoms with Crippen molar-refractivity contribution in [3.8, 4) is 0 Å². The van der Waals surface area contributed by atoms with Gasteiger partial charge in [0, 0.05) is 11.3 Å². The average molecular weight is 188 g/mol. The van der Waals surface area contributed by atoms with Crippen LogP contribution in [0.1, 0.15) is 16.7 Å². The molecule has 0 heterocycles. The predicted octanol–water partition coefficient (Wildman–Crippen LogP) is 3.26. The highest BCUT2D eigenvalue weighted by Gasteiger charge is 2.09. The first kappa shape index (κ1) is 10.2. The molecule has 3 heteroatoms. The second-order valence-electron chi connectivity index (χ2n) is 2.94. The summed E-state index contributed by atoms with van der Waals surface area (Å²) in [5, 5.41) is 2.90. The van der Waals surface area contributed by atoms with Crippen LogP contribution in [0, 0.1) is 11.8 Å². The Balaban J connectivity index is 3.63. The largest absolute Gasteiger partial charge is 0.398 e. The summed E-state index contributed by atoms with van der Waals surface area (Å²) in [6.07, 6.45) is 3.30. The Labute approximate surface area is 82.9 Å². The molecule has 0 aromatic heterocycles. The standard InChI is InChI=1S/C11H12N2O/c1-4-8-7(3)11(13-14)6-10(12)9(8)5-2/h4-6H,1-2,12H2,3H3. The van der Waals surface area contributed by atoms with Crippen LogP contribution in [-0.2, 0) is 0 Å². The molecule has 1 rings (SSSR count). The number of nitrogens with zero attached hydrogens (tertiary/aromatic N) is 1. The van der Waals surface area contributed by atoms with Gasteiger partial charge in [0.2, 0.25) is 0 Å². The van der Waals surface area contributed by atoms with Gasteiger partial charge in [-0.25, -0.2) is 0 Å². The van der Waals surface area contributed by atoms with Gasteiger partial charge < -0.3 is 5.73 Å². The lowest BCUT2D eigenvalue weighted by Gasteiger charge is -2.10. The van der Waals surface area contributed by atoms with Crippen molar-refractivity contribution in [2.75, 3.05) is 5.73 Å². The smallest absolute Gasteiger partial charge is 0.113 e. The number of benzene rings is 1. The summed E-state index contributed by atoms with van der Waals surface area (Å²) in [5.41, 5.74) is 8.97. The second kappa shape index (κ2) is 3.87. The Bertz CT molecular complexity index is 408. The molecule has 0 aliphatic rings. The van der Waals surface area contributed by atoms with Crippen molar-refractivity contribution in [2.45, 2.75) is 6.92 Å². The van der Waals surface area contributed by atoms with Crippen LogP contribution < -0.4 is 5.73 Å². The molecule has 1 aromatic rings. The van der Waals surface area contributed by atoms with Crippen molar-refractivity contribution >= 4 is 23.5 Å². The van der Waals surface area contributed by atoms with Crippen molar-refractivity contribution in [3.63, 3.8) is 0 Å². The van der Waals surface area contributed by atoms with E-state index in [0.29, 0.717) is 11.4 Å². The van der Waals surface area contributed by atoms with Gasteiger partial charge in [0.15, 0.2) is 0 Å². The minimum atomic E-state index is 0.350. The summed E-state index contributed by atoms with van der Waals surface area (Å²) in [4.78, 5) is 10.5. The summed E-state index contributed by atoms with van der Waals surface area (Å²) < 4.78 is 0. The second-order valence-corrected chi connectivity index (χ2v) is 2.94. The molecule has 0 spiro atoms. The number of nitrogens with two attached hydrogens (primary N) is 1. The molecule has 0 atom stereocenters. The number of hydrogen-bond donors (Lipinski definition) is 1. The molecule has 3 nitrogen and oxygen atoms in total. The van der Waals surface area contributed by atoms with Crippen LogP contribution in [0.2, 0.25) is 0 Å². The van der Waals surface area contributed by atoms with E-state index in [1.54, 1.807) is 25.1 Å². The summed E-state index contributed by atoms with van der Waals surface area (Å²) in [6, 6.07) is 1.55. The van der Waals surface area contributed by atoms with E-state index in [2.05, 4.69) is 18.3 Å². The van der Waals surface area contributed by atoms with E-state index in [9.17, 15) is 4.91 Å². The SMILES string of the molecule is C=Cc1c(N)cc(N=O)c(C)c1C=C. The first-order valence-corrected chi connectivity index (χ1v) is 4.17. The molecule has 14 heavy (non-hydrogen) atoms. The molecular weight excluding hydrogens is 176 g/mol. The van der Waals surface area contributed by atoms with E-state index in [1.807, 2.05) is 0 Å². The molecule has 72 valence electrons. The van der Waals surface area contributed by atoms with Crippen LogP contribution in [-0.4, -0.2) is 0 Å². The highest BCUT2D eigenvalue weighted by Crippen LogP contribution is 2.31. The maximum Gasteiger partial charge on any atom is 0.113 e. The first-order valence-electron chi connectivity index (χ1n) is 4.17. The molecule has 0 bridgehead atoms. The van der Waals surface area contributed by atoms with Crippen molar-refractivity contribution in [3.05, 3.63) is 40.8 Å². The predicted molar refractivity (Wildman–Crippen MR) is 61.2 cm³/mol. The van der Waals surface area contributed by atoms with E-state index in [-0.39, 0.29) is 0 Å². The summed E-state index contributed by atoms with van der Waals surface area (Å²) >= 11 is 0. The number of rotatable bonds is 3. The monoisotopic (exact) mass is 188 g/mol. The topological polar surface area (TPSA) is 55.4 Å². The quantitative estimate of drug-likeness (QED) is 0.584. The Morgan fingerprint density at radius 1 is 1.36 bits per heavy atom. The molecule has 1 aromatic carbocycles. The molecule has 0 fully saturated rings. The zero-order chi connectivity index (χ0) is 10.7. The van der Waals surface area contributed by atoms with Gasteiger partial charge in [0.05, 0.1) is 0 Å². The van der Waals surface area contributed by atoms with Crippen molar-refractivity contribution in [2.24, 2.45) is 5.18 Å². The first-order chi connectivity index (χ1) is 6.65. The summed E-state index contributed by atoms with van der Waals surface area (Å²) in [7, 11) is 0. The lowest BCUT2D eigenvalue weighted by molar-refractivity contribution is 1.36. The molecule has 0 amide bonds. The van der Waals surface area contributed by atoms with Gasteiger partial charge in [-0.1, -0.05) is 25.3 Å². The van der Waals surface area contributed by atoms with Gasteiger partial charge >= 0.3 is 0 Å². The number of nitroso groups, excluding NO2 is 1. The number of anilines is 1. The fraction of sp³-hybridized carbons (Fsp3) is 0.0909. The Kier molecular flexibility index (Phi) is 2.82. The highest BCUT2D eigenvalue weighted by atomic mass is 16.3. The molecule has 0 radical (unpaired) electrons. The molecule has 0 unspecified atom stereocenters. The molecule has 0 saturated carbocycles. The minimum Gasteiger partial charge on any atom is -0.398 e. The minimum absolute atomic E-state index is 0.350. The molecule has 0 aliphatic carbocycles. The van der Waals surface area contributed by atoms with E-state index < -0.39 is 0 Å². The fourth-order valence-corrected chi connectivity index (χ4v) is 1.41. The van der Waals surface area contributed by atoms with Gasteiger partial charge in [0.1, 0.15) is 5.69 Å². The van der Waals surface area contributed by atoms with Crippen LogP contribution in [0.5, 0.6) is 0 Å². The van der Waals surface area contributed by atoms with Gasteiger partial charge in [-0.05, 0) is 29.3 Å². The van der Waals surface area contributed by atoms with Crippen molar-refractivity contribution < 1.29 is 0 Å². The Morgan fingerprint density at radius 3 is 2.36 bits per heavy atom. The normalized spacial score (nSPS) is 9.50. The van der Waals surface area contributed by atoms with Gasteiger partial charge in [0.25, 0.3) is 0 Å². The lowest BCUT2D eigenvalue weighted by atomic mass is 9.98. The third-order valence-electron chi connectivity index (χ3n) is 2.19. The van der Waals surface area contributed by atoms with Crippen molar-refractivity contribution in [1.29, 1.82) is 0 Å². The van der Waals surface area contributed by atoms with Crippen LogP contribution >= 0.6 is 0 Å².